The fourth-order valence-corrected chi connectivity index (χ4v) is 2.41. The maximum atomic E-state index is 12.3. The molecule has 3 nitrogen and oxygen atoms in total. The average Bonchev–Trinajstić information content (AvgIpc) is 2.71. The van der Waals surface area contributed by atoms with Crippen LogP contribution in [0.1, 0.15) is 35.9 Å². The van der Waals surface area contributed by atoms with Crippen molar-refractivity contribution in [2.24, 2.45) is 0 Å². The van der Waals surface area contributed by atoms with E-state index in [1.807, 2.05) is 48.0 Å². The van der Waals surface area contributed by atoms with Crippen molar-refractivity contribution in [3.05, 3.63) is 52.3 Å². The predicted octanol–water partition coefficient (Wildman–Crippen LogP) is 4.39. The normalized spacial score (nSPS) is 10.8. The lowest BCUT2D eigenvalue weighted by molar-refractivity contribution is 0.101. The van der Waals surface area contributed by atoms with Crippen LogP contribution in [-0.4, -0.2) is 10.5 Å². The summed E-state index contributed by atoms with van der Waals surface area (Å²) in [4.78, 5) is 12.3. The molecule has 4 heteroatoms. The summed E-state index contributed by atoms with van der Waals surface area (Å²) in [6.07, 6.45) is 1.93. The zero-order valence-corrected chi connectivity index (χ0v) is 12.9. The predicted molar refractivity (Wildman–Crippen MR) is 81.6 cm³/mol. The number of aryl methyl sites for hydroxylation is 1. The van der Waals surface area contributed by atoms with Crippen LogP contribution in [0.25, 0.3) is 0 Å². The standard InChI is InChI=1S/C15H17BrN2O/c1-10(2)18-9-12(16)8-14(18)15(19)17-13-6-4-5-11(3)7-13/h4-10H,1-3H3,(H,17,19). The number of benzene rings is 1. The molecule has 19 heavy (non-hydrogen) atoms. The molecule has 1 amide bonds. The number of carbonyl (C=O) groups is 1. The van der Waals surface area contributed by atoms with E-state index in [0.717, 1.165) is 15.7 Å². The molecule has 1 aromatic heterocycles. The van der Waals surface area contributed by atoms with Crippen LogP contribution >= 0.6 is 15.9 Å². The number of nitrogens with one attached hydrogen (secondary N) is 1. The molecule has 1 N–H and O–H groups in total. The van der Waals surface area contributed by atoms with Crippen molar-refractivity contribution in [2.75, 3.05) is 5.32 Å². The summed E-state index contributed by atoms with van der Waals surface area (Å²) in [5.41, 5.74) is 2.60. The van der Waals surface area contributed by atoms with Gasteiger partial charge in [-0.05, 0) is 60.5 Å². The molecular formula is C15H17BrN2O. The highest BCUT2D eigenvalue weighted by Gasteiger charge is 2.15. The van der Waals surface area contributed by atoms with E-state index in [4.69, 9.17) is 0 Å². The molecule has 1 aromatic carbocycles. The molecule has 0 spiro atoms. The summed E-state index contributed by atoms with van der Waals surface area (Å²) in [5.74, 6) is -0.0926. The minimum Gasteiger partial charge on any atom is -0.340 e. The molecule has 0 saturated heterocycles. The Morgan fingerprint density at radius 3 is 2.68 bits per heavy atom. The van der Waals surface area contributed by atoms with Crippen molar-refractivity contribution in [3.8, 4) is 0 Å². The summed E-state index contributed by atoms with van der Waals surface area (Å²) in [7, 11) is 0. The molecule has 0 bridgehead atoms. The number of rotatable bonds is 3. The maximum Gasteiger partial charge on any atom is 0.272 e. The van der Waals surface area contributed by atoms with Crippen LogP contribution in [0, 0.1) is 6.92 Å². The van der Waals surface area contributed by atoms with E-state index in [0.29, 0.717) is 5.69 Å². The summed E-state index contributed by atoms with van der Waals surface area (Å²) in [5, 5.41) is 2.93. The first-order valence-corrected chi connectivity index (χ1v) is 7.02. The molecule has 1 heterocycles. The quantitative estimate of drug-likeness (QED) is 0.894. The second kappa shape index (κ2) is 5.61. The third kappa shape index (κ3) is 3.26. The molecule has 0 radical (unpaired) electrons. The maximum absolute atomic E-state index is 12.3. The Kier molecular flexibility index (Phi) is 4.10. The Morgan fingerprint density at radius 2 is 2.05 bits per heavy atom. The number of hydrogen-bond donors (Lipinski definition) is 1. The van der Waals surface area contributed by atoms with Gasteiger partial charge in [0.05, 0.1) is 0 Å². The molecule has 0 atom stereocenters. The second-order valence-electron chi connectivity index (χ2n) is 4.87. The molecule has 0 fully saturated rings. The molecule has 2 rings (SSSR count). The van der Waals surface area contributed by atoms with E-state index in [2.05, 4.69) is 35.1 Å². The Bertz CT molecular complexity index is 602. The van der Waals surface area contributed by atoms with E-state index in [1.165, 1.54) is 0 Å². The number of nitrogens with zero attached hydrogens (tertiary/aromatic N) is 1. The zero-order chi connectivity index (χ0) is 14.0. The minimum atomic E-state index is -0.0926. The van der Waals surface area contributed by atoms with Crippen molar-refractivity contribution in [1.82, 2.24) is 4.57 Å². The third-order valence-corrected chi connectivity index (χ3v) is 3.31. The minimum absolute atomic E-state index is 0.0926. The van der Waals surface area contributed by atoms with Gasteiger partial charge in [-0.3, -0.25) is 4.79 Å². The molecule has 0 aliphatic heterocycles. The van der Waals surface area contributed by atoms with Crippen LogP contribution in [0.3, 0.4) is 0 Å². The van der Waals surface area contributed by atoms with Crippen molar-refractivity contribution < 1.29 is 4.79 Å². The summed E-state index contributed by atoms with van der Waals surface area (Å²) < 4.78 is 2.87. The van der Waals surface area contributed by atoms with Gasteiger partial charge in [0.2, 0.25) is 0 Å². The van der Waals surface area contributed by atoms with Crippen molar-refractivity contribution in [1.29, 1.82) is 0 Å². The molecular weight excluding hydrogens is 304 g/mol. The second-order valence-corrected chi connectivity index (χ2v) is 5.78. The van der Waals surface area contributed by atoms with Crippen LogP contribution in [0.2, 0.25) is 0 Å². The van der Waals surface area contributed by atoms with Crippen LogP contribution in [0.15, 0.2) is 41.0 Å². The Labute approximate surface area is 121 Å². The van der Waals surface area contributed by atoms with Crippen molar-refractivity contribution >= 4 is 27.5 Å². The SMILES string of the molecule is Cc1cccc(NC(=O)c2cc(Br)cn2C(C)C)c1. The fraction of sp³-hybridized carbons (Fsp3) is 0.267. The van der Waals surface area contributed by atoms with Gasteiger partial charge in [0.15, 0.2) is 0 Å². The summed E-state index contributed by atoms with van der Waals surface area (Å²) in [6, 6.07) is 9.86. The highest BCUT2D eigenvalue weighted by atomic mass is 79.9. The Balaban J connectivity index is 2.25. The fourth-order valence-electron chi connectivity index (χ4n) is 1.97. The van der Waals surface area contributed by atoms with Gasteiger partial charge in [0.1, 0.15) is 5.69 Å². The Hall–Kier alpha value is -1.55. The van der Waals surface area contributed by atoms with Gasteiger partial charge in [0.25, 0.3) is 5.91 Å². The molecule has 0 aliphatic rings. The number of anilines is 1. The number of halogens is 1. The van der Waals surface area contributed by atoms with Crippen LogP contribution < -0.4 is 5.32 Å². The van der Waals surface area contributed by atoms with E-state index in [9.17, 15) is 4.79 Å². The number of carbonyl (C=O) groups excluding carboxylic acids is 1. The first-order chi connectivity index (χ1) is 8.97. The molecule has 0 unspecified atom stereocenters. The smallest absolute Gasteiger partial charge is 0.272 e. The largest absolute Gasteiger partial charge is 0.340 e. The van der Waals surface area contributed by atoms with Gasteiger partial charge < -0.3 is 9.88 Å². The van der Waals surface area contributed by atoms with Gasteiger partial charge in [-0.2, -0.15) is 0 Å². The lowest BCUT2D eigenvalue weighted by Gasteiger charge is -2.12. The van der Waals surface area contributed by atoms with Crippen LogP contribution in [0.5, 0.6) is 0 Å². The first-order valence-electron chi connectivity index (χ1n) is 6.23. The van der Waals surface area contributed by atoms with Gasteiger partial charge in [0, 0.05) is 22.4 Å². The molecule has 0 aliphatic carbocycles. The summed E-state index contributed by atoms with van der Waals surface area (Å²) >= 11 is 3.42. The van der Waals surface area contributed by atoms with E-state index >= 15 is 0 Å². The van der Waals surface area contributed by atoms with E-state index < -0.39 is 0 Å². The highest BCUT2D eigenvalue weighted by molar-refractivity contribution is 9.10. The lowest BCUT2D eigenvalue weighted by atomic mass is 10.2. The van der Waals surface area contributed by atoms with Gasteiger partial charge >= 0.3 is 0 Å². The monoisotopic (exact) mass is 320 g/mol. The highest BCUT2D eigenvalue weighted by Crippen LogP contribution is 2.20. The third-order valence-electron chi connectivity index (χ3n) is 2.88. The molecule has 2 aromatic rings. The van der Waals surface area contributed by atoms with Gasteiger partial charge in [-0.1, -0.05) is 12.1 Å². The van der Waals surface area contributed by atoms with E-state index in [-0.39, 0.29) is 11.9 Å². The first kappa shape index (κ1) is 13.9. The number of hydrogen-bond acceptors (Lipinski definition) is 1. The van der Waals surface area contributed by atoms with E-state index in [1.54, 1.807) is 0 Å². The molecule has 100 valence electrons. The average molecular weight is 321 g/mol. The van der Waals surface area contributed by atoms with Gasteiger partial charge in [-0.15, -0.1) is 0 Å². The lowest BCUT2D eigenvalue weighted by Crippen LogP contribution is -2.17. The number of amides is 1. The zero-order valence-electron chi connectivity index (χ0n) is 11.3. The number of aromatic nitrogens is 1. The van der Waals surface area contributed by atoms with Crippen LogP contribution in [0.4, 0.5) is 5.69 Å². The van der Waals surface area contributed by atoms with Gasteiger partial charge in [-0.25, -0.2) is 0 Å². The molecule has 0 saturated carbocycles. The van der Waals surface area contributed by atoms with Crippen molar-refractivity contribution in [3.63, 3.8) is 0 Å². The van der Waals surface area contributed by atoms with Crippen LogP contribution in [-0.2, 0) is 0 Å². The summed E-state index contributed by atoms with van der Waals surface area (Å²) in [6.45, 7) is 6.11. The topological polar surface area (TPSA) is 34.0 Å². The Morgan fingerprint density at radius 1 is 1.32 bits per heavy atom. The van der Waals surface area contributed by atoms with Crippen molar-refractivity contribution in [2.45, 2.75) is 26.8 Å².